The lowest BCUT2D eigenvalue weighted by Gasteiger charge is -2.02. The number of hydrogen-bond donors (Lipinski definition) is 0. The van der Waals surface area contributed by atoms with Crippen LogP contribution >= 0.6 is 0 Å². The predicted octanol–water partition coefficient (Wildman–Crippen LogP) is 0.583. The van der Waals surface area contributed by atoms with Crippen molar-refractivity contribution in [1.29, 1.82) is 5.26 Å². The summed E-state index contributed by atoms with van der Waals surface area (Å²) in [5.74, 6) is -0.435. The van der Waals surface area contributed by atoms with Crippen molar-refractivity contribution in [3.63, 3.8) is 0 Å². The van der Waals surface area contributed by atoms with Crippen LogP contribution in [0.1, 0.15) is 16.9 Å². The predicted molar refractivity (Wildman–Crippen MR) is 43.8 cm³/mol. The molecule has 1 rings (SSSR count). The zero-order chi connectivity index (χ0) is 9.68. The fraction of sp³-hybridized carbons (Fsp3) is 0.375. The first-order chi connectivity index (χ1) is 6.29. The molecule has 0 aromatic carbocycles. The number of rotatable bonds is 3. The van der Waals surface area contributed by atoms with Gasteiger partial charge >= 0.3 is 5.97 Å². The van der Waals surface area contributed by atoms with E-state index < -0.39 is 5.97 Å². The molecule has 0 fully saturated rings. The Morgan fingerprint density at radius 1 is 1.85 bits per heavy atom. The number of carbonyl (C=O) groups excluding carboxylic acids is 1. The fourth-order valence-electron chi connectivity index (χ4n) is 0.945. The third kappa shape index (κ3) is 2.06. The average molecular weight is 179 g/mol. The fourth-order valence-corrected chi connectivity index (χ4v) is 0.945. The maximum atomic E-state index is 11.1. The van der Waals surface area contributed by atoms with Crippen LogP contribution in [-0.2, 0) is 11.3 Å². The quantitative estimate of drug-likeness (QED) is 0.636. The van der Waals surface area contributed by atoms with Crippen LogP contribution in [0.4, 0.5) is 0 Å². The number of nitriles is 1. The number of esters is 1. The molecule has 0 saturated carbocycles. The molecule has 0 unspecified atom stereocenters. The van der Waals surface area contributed by atoms with Crippen molar-refractivity contribution >= 4 is 5.97 Å². The summed E-state index contributed by atoms with van der Waals surface area (Å²) in [6.07, 6.45) is 1.83. The molecule has 0 aliphatic heterocycles. The van der Waals surface area contributed by atoms with Gasteiger partial charge in [-0.3, -0.25) is 4.68 Å². The zero-order valence-corrected chi connectivity index (χ0v) is 7.23. The summed E-state index contributed by atoms with van der Waals surface area (Å²) in [6, 6.07) is 3.54. The van der Waals surface area contributed by atoms with Crippen LogP contribution in [0.3, 0.4) is 0 Å². The van der Waals surface area contributed by atoms with E-state index in [4.69, 9.17) is 5.26 Å². The van der Waals surface area contributed by atoms with E-state index in [0.717, 1.165) is 0 Å². The summed E-state index contributed by atoms with van der Waals surface area (Å²) in [5, 5.41) is 12.2. The van der Waals surface area contributed by atoms with E-state index in [1.807, 2.05) is 6.07 Å². The van der Waals surface area contributed by atoms with Crippen molar-refractivity contribution in [2.24, 2.45) is 0 Å². The van der Waals surface area contributed by atoms with Gasteiger partial charge in [-0.2, -0.15) is 10.4 Å². The highest BCUT2D eigenvalue weighted by molar-refractivity contribution is 5.87. The van der Waals surface area contributed by atoms with Crippen LogP contribution in [0.5, 0.6) is 0 Å². The van der Waals surface area contributed by atoms with Crippen molar-refractivity contribution in [1.82, 2.24) is 9.78 Å². The topological polar surface area (TPSA) is 67.9 Å². The summed E-state index contributed by atoms with van der Waals surface area (Å²) in [4.78, 5) is 11.1. The number of carbonyl (C=O) groups is 1. The lowest BCUT2D eigenvalue weighted by Crippen LogP contribution is -2.11. The van der Waals surface area contributed by atoms with Crippen LogP contribution in [0.15, 0.2) is 12.3 Å². The molecule has 0 spiro atoms. The molecule has 1 aromatic rings. The molecule has 0 bridgehead atoms. The maximum absolute atomic E-state index is 11.1. The SMILES string of the molecule is COC(=O)c1ccnn1CCC#N. The van der Waals surface area contributed by atoms with E-state index in [-0.39, 0.29) is 0 Å². The van der Waals surface area contributed by atoms with Gasteiger partial charge in [0.05, 0.1) is 26.1 Å². The Hall–Kier alpha value is -1.83. The molecular weight excluding hydrogens is 170 g/mol. The number of aryl methyl sites for hydroxylation is 1. The second-order valence-electron chi connectivity index (χ2n) is 2.34. The van der Waals surface area contributed by atoms with E-state index in [1.165, 1.54) is 18.0 Å². The van der Waals surface area contributed by atoms with E-state index in [9.17, 15) is 4.79 Å². The van der Waals surface area contributed by atoms with Gasteiger partial charge in [-0.1, -0.05) is 0 Å². The van der Waals surface area contributed by atoms with Crippen molar-refractivity contribution < 1.29 is 9.53 Å². The summed E-state index contributed by atoms with van der Waals surface area (Å²) in [7, 11) is 1.31. The number of nitrogens with zero attached hydrogens (tertiary/aromatic N) is 3. The molecule has 0 aliphatic carbocycles. The maximum Gasteiger partial charge on any atom is 0.356 e. The van der Waals surface area contributed by atoms with Crippen molar-refractivity contribution in [3.05, 3.63) is 18.0 Å². The number of aromatic nitrogens is 2. The van der Waals surface area contributed by atoms with Gasteiger partial charge in [0, 0.05) is 6.20 Å². The first kappa shape index (κ1) is 9.26. The Morgan fingerprint density at radius 2 is 2.62 bits per heavy atom. The largest absolute Gasteiger partial charge is 0.464 e. The minimum atomic E-state index is -0.435. The van der Waals surface area contributed by atoms with E-state index in [0.29, 0.717) is 18.7 Å². The molecule has 13 heavy (non-hydrogen) atoms. The van der Waals surface area contributed by atoms with E-state index in [1.54, 1.807) is 6.07 Å². The van der Waals surface area contributed by atoms with Gasteiger partial charge in [-0.25, -0.2) is 4.79 Å². The molecule has 0 atom stereocenters. The highest BCUT2D eigenvalue weighted by Crippen LogP contribution is 2.01. The highest BCUT2D eigenvalue weighted by Gasteiger charge is 2.10. The van der Waals surface area contributed by atoms with Crippen LogP contribution in [0.2, 0.25) is 0 Å². The van der Waals surface area contributed by atoms with Crippen LogP contribution in [0, 0.1) is 11.3 Å². The molecule has 5 heteroatoms. The lowest BCUT2D eigenvalue weighted by molar-refractivity contribution is 0.0586. The molecule has 0 N–H and O–H groups in total. The second kappa shape index (κ2) is 4.26. The molecule has 0 saturated heterocycles. The summed E-state index contributed by atoms with van der Waals surface area (Å²) in [6.45, 7) is 0.411. The number of ether oxygens (including phenoxy) is 1. The highest BCUT2D eigenvalue weighted by atomic mass is 16.5. The Morgan fingerprint density at radius 3 is 3.23 bits per heavy atom. The van der Waals surface area contributed by atoms with Gasteiger partial charge in [0.25, 0.3) is 0 Å². The average Bonchev–Trinajstić information content (AvgIpc) is 2.61. The smallest absolute Gasteiger partial charge is 0.356 e. The molecule has 0 aliphatic rings. The summed E-state index contributed by atoms with van der Waals surface area (Å²) >= 11 is 0. The van der Waals surface area contributed by atoms with Crippen molar-refractivity contribution in [3.8, 4) is 6.07 Å². The summed E-state index contributed by atoms with van der Waals surface area (Å²) in [5.41, 5.74) is 0.373. The molecule has 5 nitrogen and oxygen atoms in total. The van der Waals surface area contributed by atoms with Crippen molar-refractivity contribution in [2.75, 3.05) is 7.11 Å². The zero-order valence-electron chi connectivity index (χ0n) is 7.23. The minimum absolute atomic E-state index is 0.325. The van der Waals surface area contributed by atoms with Gasteiger partial charge < -0.3 is 4.74 Å². The minimum Gasteiger partial charge on any atom is -0.464 e. The van der Waals surface area contributed by atoms with Crippen molar-refractivity contribution in [2.45, 2.75) is 13.0 Å². The van der Waals surface area contributed by atoms with Crippen LogP contribution in [0.25, 0.3) is 0 Å². The van der Waals surface area contributed by atoms with Gasteiger partial charge in [-0.15, -0.1) is 0 Å². The number of methoxy groups -OCH3 is 1. The Labute approximate surface area is 75.5 Å². The standard InChI is InChI=1S/C8H9N3O2/c1-13-8(12)7-3-5-10-11(7)6-2-4-9/h3,5H,2,6H2,1H3. The third-order valence-corrected chi connectivity index (χ3v) is 1.55. The molecule has 68 valence electrons. The first-order valence-corrected chi connectivity index (χ1v) is 3.76. The lowest BCUT2D eigenvalue weighted by atomic mass is 10.4. The Kier molecular flexibility index (Phi) is 3.03. The van der Waals surface area contributed by atoms with Gasteiger partial charge in [0.15, 0.2) is 0 Å². The van der Waals surface area contributed by atoms with Gasteiger partial charge in [0.2, 0.25) is 0 Å². The third-order valence-electron chi connectivity index (χ3n) is 1.55. The molecule has 0 amide bonds. The Bertz CT molecular complexity index is 337. The first-order valence-electron chi connectivity index (χ1n) is 3.76. The van der Waals surface area contributed by atoms with E-state index in [2.05, 4.69) is 9.84 Å². The number of hydrogen-bond acceptors (Lipinski definition) is 4. The van der Waals surface area contributed by atoms with Gasteiger partial charge in [0.1, 0.15) is 5.69 Å². The molecular formula is C8H9N3O2. The second-order valence-corrected chi connectivity index (χ2v) is 2.34. The molecule has 1 heterocycles. The summed E-state index contributed by atoms with van der Waals surface area (Å²) < 4.78 is 5.99. The molecule has 1 aromatic heterocycles. The van der Waals surface area contributed by atoms with Crippen LogP contribution in [-0.4, -0.2) is 22.9 Å². The Balaban J connectivity index is 2.78. The monoisotopic (exact) mass is 179 g/mol. The normalized spacial score (nSPS) is 9.23. The molecule has 0 radical (unpaired) electrons. The van der Waals surface area contributed by atoms with Crippen LogP contribution < -0.4 is 0 Å². The van der Waals surface area contributed by atoms with Gasteiger partial charge in [-0.05, 0) is 6.07 Å². The van der Waals surface area contributed by atoms with E-state index >= 15 is 0 Å².